The maximum absolute atomic E-state index is 8.55. The second-order valence-corrected chi connectivity index (χ2v) is 1.60. The van der Waals surface area contributed by atoms with Crippen molar-refractivity contribution in [3.63, 3.8) is 0 Å². The predicted octanol–water partition coefficient (Wildman–Crippen LogP) is 0.341. The van der Waals surface area contributed by atoms with Gasteiger partial charge in [0, 0.05) is 0 Å². The van der Waals surface area contributed by atoms with Gasteiger partial charge in [0.2, 0.25) is 0 Å². The van der Waals surface area contributed by atoms with Gasteiger partial charge >= 0.3 is 0 Å². The molecule has 0 saturated carbocycles. The zero-order valence-corrected chi connectivity index (χ0v) is 5.16. The lowest BCUT2D eigenvalue weighted by Crippen LogP contribution is -2.14. The third kappa shape index (κ3) is 2.53. The lowest BCUT2D eigenvalue weighted by atomic mass is 10.4. The molecule has 0 aliphatic rings. The fourth-order valence-electron chi connectivity index (χ4n) is 0.171. The topological polar surface area (TPSA) is 29.5 Å². The molecular weight excluding hydrogens is 112 g/mol. The molecule has 0 aliphatic heterocycles. The van der Waals surface area contributed by atoms with Gasteiger partial charge < -0.3 is 9.84 Å². The second kappa shape index (κ2) is 2.93. The highest BCUT2D eigenvalue weighted by Crippen LogP contribution is 1.85. The van der Waals surface area contributed by atoms with Gasteiger partial charge in [0.25, 0.3) is 0 Å². The Morgan fingerprint density at radius 3 is 2.29 bits per heavy atom. The van der Waals surface area contributed by atoms with Gasteiger partial charge in [-0.05, 0) is 19.1 Å². The van der Waals surface area contributed by atoms with Gasteiger partial charge in [-0.15, -0.1) is 0 Å². The van der Waals surface area contributed by atoms with Crippen LogP contribution in [-0.2, 0) is 4.74 Å². The lowest BCUT2D eigenvalue weighted by molar-refractivity contribution is 0.227. The minimum atomic E-state index is -0.625. The van der Waals surface area contributed by atoms with E-state index in [1.807, 2.05) is 0 Å². The first-order valence-corrected chi connectivity index (χ1v) is 2.35. The first-order chi connectivity index (χ1) is 3.18. The molecule has 0 spiro atoms. The van der Waals surface area contributed by atoms with Gasteiger partial charge in [0.15, 0.2) is 5.05 Å². The number of rotatable bonds is 1. The summed E-state index contributed by atoms with van der Waals surface area (Å²) in [5.41, 5.74) is 0. The lowest BCUT2D eigenvalue weighted by Gasteiger charge is -2.01. The van der Waals surface area contributed by atoms with Crippen molar-refractivity contribution in [3.05, 3.63) is 0 Å². The van der Waals surface area contributed by atoms with E-state index in [9.17, 15) is 0 Å². The summed E-state index contributed by atoms with van der Waals surface area (Å²) in [5.74, 6) is 0. The first kappa shape index (κ1) is 6.85. The number of hydrogen-bond donors (Lipinski definition) is 1. The molecule has 2 nitrogen and oxygen atoms in total. The Morgan fingerprint density at radius 1 is 1.86 bits per heavy atom. The molecule has 0 rings (SSSR count). The average Bonchev–Trinajstić information content (AvgIpc) is 1.65. The Morgan fingerprint density at radius 2 is 2.29 bits per heavy atom. The Balaban J connectivity index is 3.35. The van der Waals surface area contributed by atoms with Crippen molar-refractivity contribution in [2.45, 2.75) is 13.0 Å². The molecule has 0 aromatic rings. The van der Waals surface area contributed by atoms with Crippen LogP contribution in [0.1, 0.15) is 6.92 Å². The van der Waals surface area contributed by atoms with Crippen LogP contribution in [0.25, 0.3) is 0 Å². The van der Waals surface area contributed by atoms with Crippen molar-refractivity contribution >= 4 is 17.3 Å². The molecule has 0 amide bonds. The fourth-order valence-corrected chi connectivity index (χ4v) is 0.171. The molecule has 0 aromatic carbocycles. The summed E-state index contributed by atoms with van der Waals surface area (Å²) in [7, 11) is 1.44. The van der Waals surface area contributed by atoms with Crippen LogP contribution in [0, 0.1) is 0 Å². The van der Waals surface area contributed by atoms with E-state index in [-0.39, 0.29) is 5.05 Å². The molecule has 1 atom stereocenters. The quantitative estimate of drug-likeness (QED) is 0.506. The fraction of sp³-hybridized carbons (Fsp3) is 0.750. The summed E-state index contributed by atoms with van der Waals surface area (Å²) in [4.78, 5) is 0. The van der Waals surface area contributed by atoms with Crippen molar-refractivity contribution < 1.29 is 9.84 Å². The van der Waals surface area contributed by atoms with Crippen LogP contribution in [0.4, 0.5) is 0 Å². The molecular formula is C4H8O2S. The summed E-state index contributed by atoms with van der Waals surface area (Å²) in [5, 5.41) is 8.79. The second-order valence-electron chi connectivity index (χ2n) is 1.20. The van der Waals surface area contributed by atoms with E-state index in [0.717, 1.165) is 0 Å². The molecule has 7 heavy (non-hydrogen) atoms. The SMILES string of the molecule is COC(=S)C(C)O. The van der Waals surface area contributed by atoms with Gasteiger partial charge in [-0.1, -0.05) is 0 Å². The Labute approximate surface area is 48.1 Å². The zero-order valence-electron chi connectivity index (χ0n) is 4.34. The Hall–Kier alpha value is -0.150. The van der Waals surface area contributed by atoms with Gasteiger partial charge in [0.05, 0.1) is 7.11 Å². The summed E-state index contributed by atoms with van der Waals surface area (Å²) in [6.07, 6.45) is -0.625. The molecule has 1 unspecified atom stereocenters. The average molecular weight is 120 g/mol. The van der Waals surface area contributed by atoms with Crippen molar-refractivity contribution in [1.29, 1.82) is 0 Å². The summed E-state index contributed by atoms with van der Waals surface area (Å²) < 4.78 is 4.49. The van der Waals surface area contributed by atoms with E-state index in [0.29, 0.717) is 0 Å². The summed E-state index contributed by atoms with van der Waals surface area (Å²) in [6.45, 7) is 1.56. The summed E-state index contributed by atoms with van der Waals surface area (Å²) in [6, 6.07) is 0. The van der Waals surface area contributed by atoms with Crippen LogP contribution in [-0.4, -0.2) is 23.4 Å². The smallest absolute Gasteiger partial charge is 0.187 e. The van der Waals surface area contributed by atoms with Crippen LogP contribution in [0.5, 0.6) is 0 Å². The third-order valence-corrected chi connectivity index (χ3v) is 1.05. The zero-order chi connectivity index (χ0) is 5.86. The molecule has 0 aliphatic carbocycles. The molecule has 0 heterocycles. The van der Waals surface area contributed by atoms with Gasteiger partial charge in [-0.25, -0.2) is 0 Å². The van der Waals surface area contributed by atoms with Crippen molar-refractivity contribution in [1.82, 2.24) is 0 Å². The number of ether oxygens (including phenoxy) is 1. The number of aliphatic hydroxyl groups is 1. The molecule has 0 saturated heterocycles. The van der Waals surface area contributed by atoms with E-state index < -0.39 is 6.10 Å². The van der Waals surface area contributed by atoms with Gasteiger partial charge in [0.1, 0.15) is 6.10 Å². The summed E-state index contributed by atoms with van der Waals surface area (Å²) >= 11 is 4.51. The molecule has 0 fully saturated rings. The van der Waals surface area contributed by atoms with E-state index in [4.69, 9.17) is 5.11 Å². The first-order valence-electron chi connectivity index (χ1n) is 1.94. The van der Waals surface area contributed by atoms with Crippen LogP contribution in [0.15, 0.2) is 0 Å². The van der Waals surface area contributed by atoms with Crippen LogP contribution in [0.2, 0.25) is 0 Å². The van der Waals surface area contributed by atoms with E-state index in [1.165, 1.54) is 7.11 Å². The number of aliphatic hydroxyl groups excluding tert-OH is 1. The highest BCUT2D eigenvalue weighted by Gasteiger charge is 1.99. The molecule has 0 aromatic heterocycles. The highest BCUT2D eigenvalue weighted by atomic mass is 32.1. The molecule has 3 heteroatoms. The van der Waals surface area contributed by atoms with Gasteiger partial charge in [-0.2, -0.15) is 0 Å². The number of hydrogen-bond acceptors (Lipinski definition) is 3. The van der Waals surface area contributed by atoms with Crippen LogP contribution in [0.3, 0.4) is 0 Å². The molecule has 0 bridgehead atoms. The Bertz CT molecular complexity index is 70.1. The van der Waals surface area contributed by atoms with Crippen LogP contribution < -0.4 is 0 Å². The van der Waals surface area contributed by atoms with E-state index in [1.54, 1.807) is 6.92 Å². The predicted molar refractivity (Wildman–Crippen MR) is 31.3 cm³/mol. The van der Waals surface area contributed by atoms with Crippen molar-refractivity contribution in [3.8, 4) is 0 Å². The maximum atomic E-state index is 8.55. The third-order valence-electron chi connectivity index (χ3n) is 0.542. The number of methoxy groups -OCH3 is 1. The van der Waals surface area contributed by atoms with E-state index in [2.05, 4.69) is 17.0 Å². The molecule has 0 radical (unpaired) electrons. The van der Waals surface area contributed by atoms with Gasteiger partial charge in [-0.3, -0.25) is 0 Å². The minimum Gasteiger partial charge on any atom is -0.488 e. The molecule has 1 N–H and O–H groups in total. The minimum absolute atomic E-state index is 0.236. The maximum Gasteiger partial charge on any atom is 0.187 e. The monoisotopic (exact) mass is 120 g/mol. The van der Waals surface area contributed by atoms with E-state index >= 15 is 0 Å². The normalized spacial score (nSPS) is 13.0. The highest BCUT2D eigenvalue weighted by molar-refractivity contribution is 7.80. The van der Waals surface area contributed by atoms with Crippen molar-refractivity contribution in [2.75, 3.05) is 7.11 Å². The largest absolute Gasteiger partial charge is 0.488 e. The number of thiocarbonyl (C=S) groups is 1. The molecule has 42 valence electrons. The standard InChI is InChI=1S/C4H8O2S/c1-3(5)4(7)6-2/h3,5H,1-2H3. The van der Waals surface area contributed by atoms with Crippen molar-refractivity contribution in [2.24, 2.45) is 0 Å². The Kier molecular flexibility index (Phi) is 2.87. The van der Waals surface area contributed by atoms with Crippen LogP contribution >= 0.6 is 12.2 Å².